The number of rotatable bonds is 9. The van der Waals surface area contributed by atoms with E-state index in [1.54, 1.807) is 13.2 Å². The van der Waals surface area contributed by atoms with E-state index in [2.05, 4.69) is 15.5 Å². The molecule has 0 aliphatic heterocycles. The van der Waals surface area contributed by atoms with Gasteiger partial charge in [0.1, 0.15) is 17.9 Å². The van der Waals surface area contributed by atoms with Crippen LogP contribution in [0.15, 0.2) is 38.0 Å². The van der Waals surface area contributed by atoms with Crippen molar-refractivity contribution in [3.63, 3.8) is 0 Å². The summed E-state index contributed by atoms with van der Waals surface area (Å²) in [5.41, 5.74) is 1.04. The Kier molecular flexibility index (Phi) is 6.20. The lowest BCUT2D eigenvalue weighted by Crippen LogP contribution is -2.31. The molecule has 0 amide bonds. The zero-order valence-electron chi connectivity index (χ0n) is 15.7. The molecular formula is C19H23N3O5. The first kappa shape index (κ1) is 19.1. The van der Waals surface area contributed by atoms with Gasteiger partial charge in [-0.15, -0.1) is 0 Å². The van der Waals surface area contributed by atoms with Crippen LogP contribution in [0, 0.1) is 6.92 Å². The SMILES string of the molecule is COCCc1noc(CNC(C)COc2ccc3c(C)cc(=O)oc3c2)n1. The highest BCUT2D eigenvalue weighted by Crippen LogP contribution is 2.22. The summed E-state index contributed by atoms with van der Waals surface area (Å²) in [6.07, 6.45) is 0.621. The molecule has 2 heterocycles. The number of methoxy groups -OCH3 is 1. The van der Waals surface area contributed by atoms with Crippen molar-refractivity contribution in [2.24, 2.45) is 0 Å². The molecule has 1 aromatic carbocycles. The van der Waals surface area contributed by atoms with Gasteiger partial charge in [0.15, 0.2) is 5.82 Å². The maximum atomic E-state index is 11.5. The molecular weight excluding hydrogens is 350 g/mol. The summed E-state index contributed by atoms with van der Waals surface area (Å²) in [5.74, 6) is 1.80. The minimum absolute atomic E-state index is 0.0551. The molecule has 0 bridgehead atoms. The summed E-state index contributed by atoms with van der Waals surface area (Å²) in [4.78, 5) is 15.8. The summed E-state index contributed by atoms with van der Waals surface area (Å²) < 4.78 is 21.2. The van der Waals surface area contributed by atoms with Crippen molar-refractivity contribution in [1.29, 1.82) is 0 Å². The molecule has 0 aliphatic rings. The first-order chi connectivity index (χ1) is 13.0. The molecule has 0 spiro atoms. The Balaban J connectivity index is 1.51. The third-order valence-electron chi connectivity index (χ3n) is 4.06. The van der Waals surface area contributed by atoms with Crippen LogP contribution in [-0.2, 0) is 17.7 Å². The molecule has 1 atom stereocenters. The molecule has 27 heavy (non-hydrogen) atoms. The van der Waals surface area contributed by atoms with E-state index in [4.69, 9.17) is 18.4 Å². The van der Waals surface area contributed by atoms with E-state index < -0.39 is 0 Å². The van der Waals surface area contributed by atoms with E-state index in [9.17, 15) is 4.79 Å². The summed E-state index contributed by atoms with van der Waals surface area (Å²) >= 11 is 0. The van der Waals surface area contributed by atoms with Crippen LogP contribution in [0.2, 0.25) is 0 Å². The Morgan fingerprint density at radius 2 is 2.15 bits per heavy atom. The molecule has 0 radical (unpaired) electrons. The third kappa shape index (κ3) is 5.15. The number of nitrogens with zero attached hydrogens (tertiary/aromatic N) is 2. The Hall–Kier alpha value is -2.71. The monoisotopic (exact) mass is 373 g/mol. The summed E-state index contributed by atoms with van der Waals surface area (Å²) in [7, 11) is 1.63. The maximum absolute atomic E-state index is 11.5. The smallest absolute Gasteiger partial charge is 0.336 e. The molecule has 8 heteroatoms. The van der Waals surface area contributed by atoms with Crippen LogP contribution in [0.25, 0.3) is 11.0 Å². The number of benzene rings is 1. The Morgan fingerprint density at radius 1 is 1.30 bits per heavy atom. The molecule has 3 rings (SSSR count). The standard InChI is InChI=1S/C19H23N3O5/c1-12-8-19(23)26-16-9-14(4-5-15(12)16)25-11-13(2)20-10-18-21-17(22-27-18)6-7-24-3/h4-5,8-9,13,20H,6-7,10-11H2,1-3H3. The van der Waals surface area contributed by atoms with Crippen LogP contribution in [0.3, 0.4) is 0 Å². The van der Waals surface area contributed by atoms with Gasteiger partial charge in [0, 0.05) is 37.1 Å². The molecule has 1 unspecified atom stereocenters. The van der Waals surface area contributed by atoms with E-state index in [0.717, 1.165) is 10.9 Å². The van der Waals surface area contributed by atoms with Crippen LogP contribution >= 0.6 is 0 Å². The van der Waals surface area contributed by atoms with Crippen molar-refractivity contribution in [3.8, 4) is 5.75 Å². The van der Waals surface area contributed by atoms with Crippen LogP contribution in [0.4, 0.5) is 0 Å². The van der Waals surface area contributed by atoms with Gasteiger partial charge in [-0.05, 0) is 31.5 Å². The van der Waals surface area contributed by atoms with E-state index in [1.807, 2.05) is 26.0 Å². The average Bonchev–Trinajstić information content (AvgIpc) is 3.10. The zero-order valence-corrected chi connectivity index (χ0v) is 15.7. The summed E-state index contributed by atoms with van der Waals surface area (Å²) in [5, 5.41) is 8.06. The van der Waals surface area contributed by atoms with E-state index in [-0.39, 0.29) is 11.7 Å². The topological polar surface area (TPSA) is 99.6 Å². The minimum Gasteiger partial charge on any atom is -0.492 e. The fraction of sp³-hybridized carbons (Fsp3) is 0.421. The average molecular weight is 373 g/mol. The quantitative estimate of drug-likeness (QED) is 0.570. The van der Waals surface area contributed by atoms with Crippen molar-refractivity contribution in [1.82, 2.24) is 15.5 Å². The highest BCUT2D eigenvalue weighted by Gasteiger charge is 2.10. The lowest BCUT2D eigenvalue weighted by atomic mass is 10.1. The third-order valence-corrected chi connectivity index (χ3v) is 4.06. The van der Waals surface area contributed by atoms with E-state index in [0.29, 0.717) is 49.2 Å². The zero-order chi connectivity index (χ0) is 19.2. The summed E-state index contributed by atoms with van der Waals surface area (Å²) in [6, 6.07) is 7.02. The maximum Gasteiger partial charge on any atom is 0.336 e. The van der Waals surface area contributed by atoms with Crippen LogP contribution in [-0.4, -0.2) is 36.5 Å². The largest absolute Gasteiger partial charge is 0.492 e. The Morgan fingerprint density at radius 3 is 2.96 bits per heavy atom. The van der Waals surface area contributed by atoms with Crippen LogP contribution < -0.4 is 15.7 Å². The second-order valence-corrected chi connectivity index (χ2v) is 6.35. The molecule has 0 saturated carbocycles. The van der Waals surface area contributed by atoms with Gasteiger partial charge in [-0.2, -0.15) is 4.98 Å². The second-order valence-electron chi connectivity index (χ2n) is 6.35. The van der Waals surface area contributed by atoms with Crippen molar-refractivity contribution in [3.05, 3.63) is 52.0 Å². The number of nitrogens with one attached hydrogen (secondary N) is 1. The minimum atomic E-state index is -0.364. The van der Waals surface area contributed by atoms with Crippen molar-refractivity contribution in [2.45, 2.75) is 32.9 Å². The van der Waals surface area contributed by atoms with Gasteiger partial charge in [-0.3, -0.25) is 0 Å². The molecule has 0 fully saturated rings. The van der Waals surface area contributed by atoms with Gasteiger partial charge in [0.2, 0.25) is 5.89 Å². The van der Waals surface area contributed by atoms with Crippen LogP contribution in [0.5, 0.6) is 5.75 Å². The normalized spacial score (nSPS) is 12.4. The molecule has 8 nitrogen and oxygen atoms in total. The van der Waals surface area contributed by atoms with Gasteiger partial charge in [0.25, 0.3) is 0 Å². The molecule has 0 aliphatic carbocycles. The van der Waals surface area contributed by atoms with Crippen LogP contribution in [0.1, 0.15) is 24.2 Å². The first-order valence-electron chi connectivity index (χ1n) is 8.76. The van der Waals surface area contributed by atoms with E-state index in [1.165, 1.54) is 6.07 Å². The molecule has 0 saturated heterocycles. The van der Waals surface area contributed by atoms with Gasteiger partial charge >= 0.3 is 5.63 Å². The second kappa shape index (κ2) is 8.79. The molecule has 3 aromatic rings. The summed E-state index contributed by atoms with van der Waals surface area (Å²) in [6.45, 7) is 5.32. The number of aryl methyl sites for hydroxylation is 1. The van der Waals surface area contributed by atoms with Crippen molar-refractivity contribution in [2.75, 3.05) is 20.3 Å². The Labute approximate surface area is 156 Å². The predicted molar refractivity (Wildman–Crippen MR) is 98.9 cm³/mol. The molecule has 1 N–H and O–H groups in total. The number of hydrogen-bond acceptors (Lipinski definition) is 8. The van der Waals surface area contributed by atoms with Gasteiger partial charge < -0.3 is 23.7 Å². The fourth-order valence-corrected chi connectivity index (χ4v) is 2.59. The fourth-order valence-electron chi connectivity index (χ4n) is 2.59. The highest BCUT2D eigenvalue weighted by molar-refractivity contribution is 5.81. The van der Waals surface area contributed by atoms with Crippen molar-refractivity contribution >= 4 is 11.0 Å². The number of fused-ring (bicyclic) bond motifs is 1. The molecule has 2 aromatic heterocycles. The van der Waals surface area contributed by atoms with Gasteiger partial charge in [-0.1, -0.05) is 5.16 Å². The lowest BCUT2D eigenvalue weighted by Gasteiger charge is -2.14. The number of ether oxygens (including phenoxy) is 2. The Bertz CT molecular complexity index is 950. The van der Waals surface area contributed by atoms with Gasteiger partial charge in [-0.25, -0.2) is 4.79 Å². The molecule has 144 valence electrons. The van der Waals surface area contributed by atoms with E-state index >= 15 is 0 Å². The predicted octanol–water partition coefficient (Wildman–Crippen LogP) is 2.23. The number of aromatic nitrogens is 2. The first-order valence-corrected chi connectivity index (χ1v) is 8.76. The number of hydrogen-bond donors (Lipinski definition) is 1. The van der Waals surface area contributed by atoms with Gasteiger partial charge in [0.05, 0.1) is 13.2 Å². The lowest BCUT2D eigenvalue weighted by molar-refractivity contribution is 0.199. The van der Waals surface area contributed by atoms with Crippen molar-refractivity contribution < 1.29 is 18.4 Å². The highest BCUT2D eigenvalue weighted by atomic mass is 16.5.